The maximum Gasteiger partial charge on any atom is 0.229 e. The van der Waals surface area contributed by atoms with E-state index in [0.717, 1.165) is 32.2 Å². The molecule has 2 aliphatic rings. The number of nitrogens with zero attached hydrogens (tertiary/aromatic N) is 1. The quantitative estimate of drug-likeness (QED) is 0.677. The fraction of sp³-hybridized carbons (Fsp3) is 0.833. The average Bonchev–Trinajstić information content (AvgIpc) is 2.42. The van der Waals surface area contributed by atoms with Gasteiger partial charge in [-0.2, -0.15) is 0 Å². The zero-order valence-electron chi connectivity index (χ0n) is 9.87. The van der Waals surface area contributed by atoms with Gasteiger partial charge in [0.25, 0.3) is 0 Å². The highest BCUT2D eigenvalue weighted by atomic mass is 16.2. The molecule has 16 heavy (non-hydrogen) atoms. The van der Waals surface area contributed by atoms with E-state index >= 15 is 0 Å². The van der Waals surface area contributed by atoms with Gasteiger partial charge >= 0.3 is 0 Å². The lowest BCUT2D eigenvalue weighted by atomic mass is 10.00. The Hall–Kier alpha value is -0.900. The van der Waals surface area contributed by atoms with Crippen LogP contribution in [0.25, 0.3) is 0 Å². The molecule has 2 saturated heterocycles. The second kappa shape index (κ2) is 4.95. The van der Waals surface area contributed by atoms with E-state index in [9.17, 15) is 9.59 Å². The highest BCUT2D eigenvalue weighted by Crippen LogP contribution is 2.20. The van der Waals surface area contributed by atoms with Crippen molar-refractivity contribution in [2.75, 3.05) is 6.54 Å². The van der Waals surface area contributed by atoms with Crippen molar-refractivity contribution < 1.29 is 9.59 Å². The molecule has 2 atom stereocenters. The van der Waals surface area contributed by atoms with Gasteiger partial charge in [-0.25, -0.2) is 0 Å². The molecule has 2 heterocycles. The topological polar surface area (TPSA) is 49.4 Å². The fourth-order valence-electron chi connectivity index (χ4n) is 2.54. The molecule has 0 aromatic heterocycles. The second-order valence-corrected chi connectivity index (χ2v) is 4.91. The molecule has 0 aromatic rings. The number of amides is 2. The summed E-state index contributed by atoms with van der Waals surface area (Å²) in [6.45, 7) is 2.90. The molecular weight excluding hydrogens is 204 g/mol. The third-order valence-electron chi connectivity index (χ3n) is 3.57. The minimum Gasteiger partial charge on any atom is -0.312 e. The Balaban J connectivity index is 2.04. The van der Waals surface area contributed by atoms with Gasteiger partial charge in [-0.15, -0.1) is 0 Å². The van der Waals surface area contributed by atoms with Crippen molar-refractivity contribution in [1.82, 2.24) is 10.2 Å². The lowest BCUT2D eigenvalue weighted by molar-refractivity contribution is -0.147. The van der Waals surface area contributed by atoms with Gasteiger partial charge in [-0.1, -0.05) is 0 Å². The summed E-state index contributed by atoms with van der Waals surface area (Å²) in [6, 6.07) is 0.600. The van der Waals surface area contributed by atoms with Crippen molar-refractivity contribution in [3.05, 3.63) is 0 Å². The predicted molar refractivity (Wildman–Crippen MR) is 60.8 cm³/mol. The standard InChI is InChI=1S/C12H20N2O2/c1-9-6-7-10(8-13-9)14-11(15)4-2-3-5-12(14)16/h9-10,13H,2-8H2,1H3. The van der Waals surface area contributed by atoms with Gasteiger partial charge in [-0.05, 0) is 32.6 Å². The predicted octanol–water partition coefficient (Wildman–Crippen LogP) is 1.06. The maximum absolute atomic E-state index is 11.9. The number of hydrogen-bond acceptors (Lipinski definition) is 3. The molecule has 2 rings (SSSR count). The minimum absolute atomic E-state index is 0.0313. The van der Waals surface area contributed by atoms with E-state index in [1.54, 1.807) is 0 Å². The van der Waals surface area contributed by atoms with E-state index < -0.39 is 0 Å². The number of imide groups is 1. The third kappa shape index (κ3) is 2.43. The summed E-state index contributed by atoms with van der Waals surface area (Å²) >= 11 is 0. The van der Waals surface area contributed by atoms with Gasteiger partial charge in [-0.3, -0.25) is 14.5 Å². The van der Waals surface area contributed by atoms with E-state index in [2.05, 4.69) is 12.2 Å². The number of piperidine rings is 1. The van der Waals surface area contributed by atoms with Gasteiger partial charge < -0.3 is 5.32 Å². The zero-order chi connectivity index (χ0) is 11.5. The fourth-order valence-corrected chi connectivity index (χ4v) is 2.54. The first-order chi connectivity index (χ1) is 7.68. The second-order valence-electron chi connectivity index (χ2n) is 4.91. The Labute approximate surface area is 96.4 Å². The lowest BCUT2D eigenvalue weighted by Gasteiger charge is -2.34. The molecule has 0 radical (unpaired) electrons. The summed E-state index contributed by atoms with van der Waals surface area (Å²) in [5, 5.41) is 3.34. The van der Waals surface area contributed by atoms with Crippen molar-refractivity contribution in [3.63, 3.8) is 0 Å². The minimum atomic E-state index is 0.0313. The van der Waals surface area contributed by atoms with Crippen LogP contribution in [0.1, 0.15) is 45.4 Å². The van der Waals surface area contributed by atoms with Crippen molar-refractivity contribution >= 4 is 11.8 Å². The molecule has 4 nitrogen and oxygen atoms in total. The van der Waals surface area contributed by atoms with E-state index in [-0.39, 0.29) is 17.9 Å². The van der Waals surface area contributed by atoms with Crippen LogP contribution in [0.4, 0.5) is 0 Å². The molecular formula is C12H20N2O2. The van der Waals surface area contributed by atoms with Crippen LogP contribution in [0.2, 0.25) is 0 Å². The van der Waals surface area contributed by atoms with Crippen molar-refractivity contribution in [1.29, 1.82) is 0 Å². The number of carbonyl (C=O) groups is 2. The monoisotopic (exact) mass is 224 g/mol. The van der Waals surface area contributed by atoms with Crippen molar-refractivity contribution in [2.24, 2.45) is 0 Å². The average molecular weight is 224 g/mol. The highest BCUT2D eigenvalue weighted by Gasteiger charge is 2.32. The van der Waals surface area contributed by atoms with Gasteiger partial charge in [0, 0.05) is 25.4 Å². The first-order valence-electron chi connectivity index (χ1n) is 6.27. The van der Waals surface area contributed by atoms with E-state index in [0.29, 0.717) is 18.9 Å². The van der Waals surface area contributed by atoms with Gasteiger partial charge in [0.05, 0.1) is 6.04 Å². The molecule has 0 aliphatic carbocycles. The number of hydrogen-bond donors (Lipinski definition) is 1. The lowest BCUT2D eigenvalue weighted by Crippen LogP contribution is -2.52. The molecule has 0 saturated carbocycles. The van der Waals surface area contributed by atoms with E-state index in [4.69, 9.17) is 0 Å². The van der Waals surface area contributed by atoms with Gasteiger partial charge in [0.2, 0.25) is 11.8 Å². The normalized spacial score (nSPS) is 32.7. The molecule has 90 valence electrons. The molecule has 2 fully saturated rings. The van der Waals surface area contributed by atoms with Crippen LogP contribution < -0.4 is 5.32 Å². The van der Waals surface area contributed by atoms with Crippen LogP contribution >= 0.6 is 0 Å². The Morgan fingerprint density at radius 3 is 2.25 bits per heavy atom. The number of rotatable bonds is 1. The Morgan fingerprint density at radius 2 is 1.75 bits per heavy atom. The molecule has 4 heteroatoms. The summed E-state index contributed by atoms with van der Waals surface area (Å²) in [6.07, 6.45) is 4.79. The molecule has 2 amide bonds. The van der Waals surface area contributed by atoms with Crippen LogP contribution in [0.15, 0.2) is 0 Å². The molecule has 0 spiro atoms. The van der Waals surface area contributed by atoms with Gasteiger partial charge in [0.1, 0.15) is 0 Å². The van der Waals surface area contributed by atoms with E-state index in [1.807, 2.05) is 0 Å². The number of likely N-dealkylation sites (tertiary alicyclic amines) is 1. The molecule has 1 N–H and O–H groups in total. The molecule has 2 unspecified atom stereocenters. The summed E-state index contributed by atoms with van der Waals surface area (Å²) in [7, 11) is 0. The first kappa shape index (κ1) is 11.6. The number of carbonyl (C=O) groups excluding carboxylic acids is 2. The van der Waals surface area contributed by atoms with Crippen LogP contribution in [0, 0.1) is 0 Å². The van der Waals surface area contributed by atoms with Gasteiger partial charge in [0.15, 0.2) is 0 Å². The number of nitrogens with one attached hydrogen (secondary N) is 1. The van der Waals surface area contributed by atoms with Crippen LogP contribution in [-0.4, -0.2) is 35.3 Å². The third-order valence-corrected chi connectivity index (χ3v) is 3.57. The largest absolute Gasteiger partial charge is 0.312 e. The molecule has 2 aliphatic heterocycles. The summed E-state index contributed by atoms with van der Waals surface area (Å²) in [5.74, 6) is 0.0627. The Bertz CT molecular complexity index is 265. The first-order valence-corrected chi connectivity index (χ1v) is 6.27. The van der Waals surface area contributed by atoms with Crippen LogP contribution in [-0.2, 0) is 9.59 Å². The summed E-state index contributed by atoms with van der Waals surface area (Å²) < 4.78 is 0. The van der Waals surface area contributed by atoms with Crippen LogP contribution in [0.5, 0.6) is 0 Å². The highest BCUT2D eigenvalue weighted by molar-refractivity contribution is 5.96. The summed E-state index contributed by atoms with van der Waals surface area (Å²) in [4.78, 5) is 25.3. The summed E-state index contributed by atoms with van der Waals surface area (Å²) in [5.41, 5.74) is 0. The molecule has 0 aromatic carbocycles. The maximum atomic E-state index is 11.9. The van der Waals surface area contributed by atoms with E-state index in [1.165, 1.54) is 4.90 Å². The SMILES string of the molecule is CC1CCC(N2C(=O)CCCCC2=O)CN1. The Kier molecular flexibility index (Phi) is 3.59. The molecule has 0 bridgehead atoms. The van der Waals surface area contributed by atoms with Crippen LogP contribution in [0.3, 0.4) is 0 Å². The Morgan fingerprint density at radius 1 is 1.12 bits per heavy atom. The van der Waals surface area contributed by atoms with Crippen molar-refractivity contribution in [3.8, 4) is 0 Å². The smallest absolute Gasteiger partial charge is 0.229 e. The van der Waals surface area contributed by atoms with Crippen molar-refractivity contribution in [2.45, 2.75) is 57.5 Å². The zero-order valence-corrected chi connectivity index (χ0v) is 9.87.